The molecule has 9 nitrogen and oxygen atoms in total. The van der Waals surface area contributed by atoms with Gasteiger partial charge >= 0.3 is 12.0 Å². The minimum atomic E-state index is -0.929. The van der Waals surface area contributed by atoms with E-state index in [1.165, 1.54) is 7.11 Å². The van der Waals surface area contributed by atoms with E-state index in [2.05, 4.69) is 10.6 Å². The number of urea groups is 1. The summed E-state index contributed by atoms with van der Waals surface area (Å²) in [6.45, 7) is 1.14. The van der Waals surface area contributed by atoms with E-state index in [1.807, 2.05) is 25.1 Å². The van der Waals surface area contributed by atoms with Crippen LogP contribution < -0.4 is 15.4 Å². The van der Waals surface area contributed by atoms with Gasteiger partial charge in [0.15, 0.2) is 6.61 Å². The van der Waals surface area contributed by atoms with Crippen LogP contribution in [0.3, 0.4) is 0 Å². The molecule has 0 bridgehead atoms. The van der Waals surface area contributed by atoms with Gasteiger partial charge in [-0.3, -0.25) is 19.3 Å². The zero-order chi connectivity index (χ0) is 21.7. The van der Waals surface area contributed by atoms with Crippen LogP contribution in [-0.2, 0) is 25.7 Å². The Labute approximate surface area is 175 Å². The maximum absolute atomic E-state index is 12.8. The number of carbonyl (C=O) groups excluding carboxylic acids is 4. The molecule has 4 amide bonds. The summed E-state index contributed by atoms with van der Waals surface area (Å²) < 4.78 is 10.2. The van der Waals surface area contributed by atoms with Crippen LogP contribution in [0.2, 0.25) is 0 Å². The molecule has 3 rings (SSSR count). The van der Waals surface area contributed by atoms with Crippen molar-refractivity contribution >= 4 is 23.8 Å². The number of para-hydroxylation sites is 1. The quantitative estimate of drug-likeness (QED) is 0.511. The molecule has 2 atom stereocenters. The zero-order valence-corrected chi connectivity index (χ0v) is 17.2. The average molecular weight is 417 g/mol. The van der Waals surface area contributed by atoms with E-state index in [0.29, 0.717) is 12.2 Å². The summed E-state index contributed by atoms with van der Waals surface area (Å²) >= 11 is 0. The third-order valence-corrected chi connectivity index (χ3v) is 5.82. The number of rotatable bonds is 7. The van der Waals surface area contributed by atoms with E-state index in [-0.39, 0.29) is 12.5 Å². The Morgan fingerprint density at radius 3 is 2.77 bits per heavy atom. The monoisotopic (exact) mass is 417 g/mol. The minimum absolute atomic E-state index is 0.00414. The number of amides is 4. The highest BCUT2D eigenvalue weighted by Crippen LogP contribution is 2.38. The topological polar surface area (TPSA) is 114 Å². The zero-order valence-electron chi connectivity index (χ0n) is 17.2. The predicted molar refractivity (Wildman–Crippen MR) is 106 cm³/mol. The largest absolute Gasteiger partial charge is 0.496 e. The standard InChI is InChI=1S/C21H27N3O6/c1-14-7-5-6-10-21(14)19(27)24(20(28)23-21)12-18(26)30-13-17(25)22-11-15-8-3-4-9-16(15)29-2/h3-4,8-9,14H,5-7,10-13H2,1-2H3,(H,22,25)(H,23,28)/t14-,21+/m1/s1. The third kappa shape index (κ3) is 4.39. The van der Waals surface area contributed by atoms with Crippen LogP contribution in [-0.4, -0.2) is 54.5 Å². The molecule has 0 unspecified atom stereocenters. The van der Waals surface area contributed by atoms with Gasteiger partial charge in [-0.15, -0.1) is 0 Å². The number of esters is 1. The lowest BCUT2D eigenvalue weighted by Crippen LogP contribution is -2.54. The van der Waals surface area contributed by atoms with Gasteiger partial charge < -0.3 is 20.1 Å². The fourth-order valence-electron chi connectivity index (χ4n) is 4.05. The first-order chi connectivity index (χ1) is 14.4. The van der Waals surface area contributed by atoms with Crippen molar-refractivity contribution in [3.05, 3.63) is 29.8 Å². The molecule has 1 aliphatic heterocycles. The van der Waals surface area contributed by atoms with Crippen LogP contribution in [0.1, 0.15) is 38.2 Å². The van der Waals surface area contributed by atoms with Gasteiger partial charge in [0, 0.05) is 12.1 Å². The smallest absolute Gasteiger partial charge is 0.326 e. The lowest BCUT2D eigenvalue weighted by atomic mass is 9.73. The number of methoxy groups -OCH3 is 1. The van der Waals surface area contributed by atoms with Crippen molar-refractivity contribution in [2.45, 2.75) is 44.7 Å². The lowest BCUT2D eigenvalue weighted by Gasteiger charge is -2.36. The molecule has 0 radical (unpaired) electrons. The summed E-state index contributed by atoms with van der Waals surface area (Å²) in [6, 6.07) is 6.64. The summed E-state index contributed by atoms with van der Waals surface area (Å²) in [5.74, 6) is -1.06. The molecule has 2 N–H and O–H groups in total. The summed E-state index contributed by atoms with van der Waals surface area (Å²) in [6.07, 6.45) is 3.27. The van der Waals surface area contributed by atoms with Crippen LogP contribution >= 0.6 is 0 Å². The van der Waals surface area contributed by atoms with Crippen molar-refractivity contribution in [1.82, 2.24) is 15.5 Å². The van der Waals surface area contributed by atoms with Gasteiger partial charge in [-0.1, -0.05) is 38.0 Å². The number of imide groups is 1. The van der Waals surface area contributed by atoms with Gasteiger partial charge in [0.05, 0.1) is 7.11 Å². The van der Waals surface area contributed by atoms with Gasteiger partial charge in [-0.05, 0) is 24.8 Å². The first kappa shape index (κ1) is 21.6. The molecule has 1 aromatic carbocycles. The van der Waals surface area contributed by atoms with E-state index in [9.17, 15) is 19.2 Å². The molecule has 9 heteroatoms. The Morgan fingerprint density at radius 2 is 2.03 bits per heavy atom. The van der Waals surface area contributed by atoms with Crippen molar-refractivity contribution < 1.29 is 28.7 Å². The number of hydrogen-bond donors (Lipinski definition) is 2. The van der Waals surface area contributed by atoms with Gasteiger partial charge in [-0.2, -0.15) is 0 Å². The first-order valence-electron chi connectivity index (χ1n) is 10.1. The molecule has 30 heavy (non-hydrogen) atoms. The summed E-state index contributed by atoms with van der Waals surface area (Å²) in [5.41, 5.74) is -0.146. The number of nitrogens with one attached hydrogen (secondary N) is 2. The van der Waals surface area contributed by atoms with Crippen LogP contribution in [0.4, 0.5) is 4.79 Å². The fourth-order valence-corrected chi connectivity index (χ4v) is 4.05. The number of nitrogens with zero attached hydrogens (tertiary/aromatic N) is 1. The molecular formula is C21H27N3O6. The van der Waals surface area contributed by atoms with Crippen molar-refractivity contribution in [3.8, 4) is 5.75 Å². The van der Waals surface area contributed by atoms with E-state index in [4.69, 9.17) is 9.47 Å². The summed E-state index contributed by atoms with van der Waals surface area (Å²) in [4.78, 5) is 50.1. The Bertz CT molecular complexity index is 842. The molecule has 162 valence electrons. The molecule has 2 fully saturated rings. The van der Waals surface area contributed by atoms with E-state index >= 15 is 0 Å². The second-order valence-electron chi connectivity index (χ2n) is 7.69. The normalized spacial score (nSPS) is 23.3. The summed E-state index contributed by atoms with van der Waals surface area (Å²) in [5, 5.41) is 5.41. The van der Waals surface area contributed by atoms with E-state index < -0.39 is 42.5 Å². The molecule has 0 aromatic heterocycles. The Hall–Kier alpha value is -3.10. The van der Waals surface area contributed by atoms with E-state index in [0.717, 1.165) is 29.7 Å². The van der Waals surface area contributed by atoms with Gasteiger partial charge in [-0.25, -0.2) is 4.79 Å². The van der Waals surface area contributed by atoms with Crippen LogP contribution in [0.5, 0.6) is 5.75 Å². The number of carbonyl (C=O) groups is 4. The number of ether oxygens (including phenoxy) is 2. The highest BCUT2D eigenvalue weighted by molar-refractivity contribution is 6.09. The van der Waals surface area contributed by atoms with Gasteiger partial charge in [0.1, 0.15) is 17.8 Å². The van der Waals surface area contributed by atoms with Crippen LogP contribution in [0, 0.1) is 5.92 Å². The van der Waals surface area contributed by atoms with Crippen molar-refractivity contribution in [3.63, 3.8) is 0 Å². The average Bonchev–Trinajstić information content (AvgIpc) is 2.98. The SMILES string of the molecule is COc1ccccc1CNC(=O)COC(=O)CN1C(=O)N[C@]2(CCCC[C@H]2C)C1=O. The van der Waals surface area contributed by atoms with Gasteiger partial charge in [0.25, 0.3) is 11.8 Å². The Kier molecular flexibility index (Phi) is 6.59. The third-order valence-electron chi connectivity index (χ3n) is 5.82. The lowest BCUT2D eigenvalue weighted by molar-refractivity contribution is -0.151. The summed E-state index contributed by atoms with van der Waals surface area (Å²) in [7, 11) is 1.54. The second kappa shape index (κ2) is 9.15. The predicted octanol–water partition coefficient (Wildman–Crippen LogP) is 1.36. The first-order valence-corrected chi connectivity index (χ1v) is 10.1. The molecule has 2 aliphatic rings. The molecule has 1 heterocycles. The molecule has 1 aromatic rings. The van der Waals surface area contributed by atoms with Crippen molar-refractivity contribution in [2.24, 2.45) is 5.92 Å². The maximum atomic E-state index is 12.8. The van der Waals surface area contributed by atoms with Crippen molar-refractivity contribution in [2.75, 3.05) is 20.3 Å². The Morgan fingerprint density at radius 1 is 1.27 bits per heavy atom. The van der Waals surface area contributed by atoms with Crippen molar-refractivity contribution in [1.29, 1.82) is 0 Å². The minimum Gasteiger partial charge on any atom is -0.496 e. The molecule has 1 spiro atoms. The molecular weight excluding hydrogens is 390 g/mol. The molecule has 1 aliphatic carbocycles. The van der Waals surface area contributed by atoms with Gasteiger partial charge in [0.2, 0.25) is 0 Å². The van der Waals surface area contributed by atoms with E-state index in [1.54, 1.807) is 6.07 Å². The highest BCUT2D eigenvalue weighted by atomic mass is 16.5. The molecule has 1 saturated carbocycles. The maximum Gasteiger partial charge on any atom is 0.326 e. The Balaban J connectivity index is 1.48. The highest BCUT2D eigenvalue weighted by Gasteiger charge is 2.55. The number of benzene rings is 1. The molecule has 1 saturated heterocycles. The van der Waals surface area contributed by atoms with Crippen LogP contribution in [0.15, 0.2) is 24.3 Å². The van der Waals surface area contributed by atoms with Crippen LogP contribution in [0.25, 0.3) is 0 Å². The number of hydrogen-bond acceptors (Lipinski definition) is 6. The fraction of sp³-hybridized carbons (Fsp3) is 0.524. The second-order valence-corrected chi connectivity index (χ2v) is 7.69.